The monoisotopic (exact) mass is 303 g/mol. The summed E-state index contributed by atoms with van der Waals surface area (Å²) in [6, 6.07) is 3.34. The molecule has 0 fully saturated rings. The first-order chi connectivity index (χ1) is 10.8. The fourth-order valence-corrected chi connectivity index (χ4v) is 2.28. The summed E-state index contributed by atoms with van der Waals surface area (Å²) in [5.41, 5.74) is 3.11. The molecule has 4 heteroatoms. The number of pyridine rings is 1. The molecule has 0 aliphatic heterocycles. The summed E-state index contributed by atoms with van der Waals surface area (Å²) in [6.07, 6.45) is 17.8. The van der Waals surface area contributed by atoms with Gasteiger partial charge in [-0.1, -0.05) is 58.3 Å². The molecule has 1 amide bonds. The van der Waals surface area contributed by atoms with Crippen LogP contribution < -0.4 is 5.43 Å². The third kappa shape index (κ3) is 9.27. The van der Waals surface area contributed by atoms with Crippen LogP contribution in [0.1, 0.15) is 81.5 Å². The van der Waals surface area contributed by atoms with E-state index in [1.165, 1.54) is 51.4 Å². The van der Waals surface area contributed by atoms with Gasteiger partial charge in [0.15, 0.2) is 0 Å². The molecule has 0 unspecified atom stereocenters. The molecule has 0 aromatic carbocycles. The van der Waals surface area contributed by atoms with Crippen molar-refractivity contribution in [3.8, 4) is 0 Å². The predicted molar refractivity (Wildman–Crippen MR) is 92.0 cm³/mol. The smallest absolute Gasteiger partial charge is 0.267 e. The van der Waals surface area contributed by atoms with Crippen LogP contribution in [0.4, 0.5) is 0 Å². The average Bonchev–Trinajstić information content (AvgIpc) is 2.56. The molecular weight excluding hydrogens is 274 g/mol. The Labute approximate surface area is 134 Å². The molecule has 1 aromatic heterocycles. The Morgan fingerprint density at radius 1 is 1.05 bits per heavy atom. The maximum Gasteiger partial charge on any atom is 0.271 e. The van der Waals surface area contributed by atoms with Crippen molar-refractivity contribution in [3.63, 3.8) is 0 Å². The summed E-state index contributed by atoms with van der Waals surface area (Å²) in [4.78, 5) is 15.5. The highest BCUT2D eigenvalue weighted by Gasteiger charge is 2.01. The van der Waals surface area contributed by atoms with Gasteiger partial charge >= 0.3 is 0 Å². The van der Waals surface area contributed by atoms with Crippen LogP contribution in [0.3, 0.4) is 0 Å². The highest BCUT2D eigenvalue weighted by Crippen LogP contribution is 2.09. The maximum absolute atomic E-state index is 11.7. The van der Waals surface area contributed by atoms with Gasteiger partial charge in [0.05, 0.1) is 0 Å². The number of unbranched alkanes of at least 4 members (excludes halogenated alkanes) is 9. The third-order valence-corrected chi connectivity index (χ3v) is 3.64. The number of carbonyl (C=O) groups is 1. The number of hydrogen-bond acceptors (Lipinski definition) is 3. The van der Waals surface area contributed by atoms with Crippen LogP contribution in [-0.4, -0.2) is 17.1 Å². The van der Waals surface area contributed by atoms with E-state index in [4.69, 9.17) is 0 Å². The van der Waals surface area contributed by atoms with E-state index in [1.54, 1.807) is 30.7 Å². The first-order valence-electron chi connectivity index (χ1n) is 8.56. The number of aromatic nitrogens is 1. The molecule has 0 bridgehead atoms. The van der Waals surface area contributed by atoms with Crippen molar-refractivity contribution in [3.05, 3.63) is 30.1 Å². The first-order valence-corrected chi connectivity index (χ1v) is 8.56. The van der Waals surface area contributed by atoms with Crippen LogP contribution in [0.25, 0.3) is 0 Å². The van der Waals surface area contributed by atoms with Gasteiger partial charge in [-0.3, -0.25) is 9.78 Å². The number of nitrogens with one attached hydrogen (secondary N) is 1. The second-order valence-electron chi connectivity index (χ2n) is 5.61. The molecule has 0 atom stereocenters. The highest BCUT2D eigenvalue weighted by atomic mass is 16.2. The number of rotatable bonds is 12. The van der Waals surface area contributed by atoms with Crippen LogP contribution in [0.15, 0.2) is 29.6 Å². The van der Waals surface area contributed by atoms with Gasteiger partial charge in [0, 0.05) is 24.2 Å². The fourth-order valence-electron chi connectivity index (χ4n) is 2.28. The van der Waals surface area contributed by atoms with Gasteiger partial charge in [-0.2, -0.15) is 5.10 Å². The molecule has 0 saturated carbocycles. The van der Waals surface area contributed by atoms with Gasteiger partial charge in [-0.25, -0.2) is 5.43 Å². The second kappa shape index (κ2) is 13.0. The molecule has 1 rings (SSSR count). The molecule has 22 heavy (non-hydrogen) atoms. The number of amides is 1. The molecule has 0 spiro atoms. The Morgan fingerprint density at radius 3 is 2.27 bits per heavy atom. The molecule has 0 aliphatic carbocycles. The Hall–Kier alpha value is -1.71. The molecule has 1 aromatic rings. The van der Waals surface area contributed by atoms with Crippen molar-refractivity contribution in [1.82, 2.24) is 10.4 Å². The summed E-state index contributed by atoms with van der Waals surface area (Å²) in [7, 11) is 0. The standard InChI is InChI=1S/C18H29N3O/c1-2-3-4-5-6-7-8-9-10-11-14-20-21-18(22)17-12-15-19-16-13-17/h12-16H,2-11H2,1H3,(H,21,22)/b20-14-. The molecule has 1 N–H and O–H groups in total. The number of hydrogen-bond donors (Lipinski definition) is 1. The largest absolute Gasteiger partial charge is 0.271 e. The second-order valence-corrected chi connectivity index (χ2v) is 5.61. The van der Waals surface area contributed by atoms with Gasteiger partial charge in [0.25, 0.3) is 5.91 Å². The van der Waals surface area contributed by atoms with E-state index < -0.39 is 0 Å². The molecule has 0 saturated heterocycles. The van der Waals surface area contributed by atoms with E-state index in [1.807, 2.05) is 0 Å². The highest BCUT2D eigenvalue weighted by molar-refractivity contribution is 5.94. The third-order valence-electron chi connectivity index (χ3n) is 3.64. The van der Waals surface area contributed by atoms with Crippen LogP contribution in [0, 0.1) is 0 Å². The lowest BCUT2D eigenvalue weighted by Gasteiger charge is -2.01. The SMILES string of the molecule is CCCCCCCCCCC/C=N\NC(=O)c1ccncc1. The molecule has 122 valence electrons. The van der Waals surface area contributed by atoms with Crippen LogP contribution in [-0.2, 0) is 0 Å². The van der Waals surface area contributed by atoms with Crippen LogP contribution in [0.2, 0.25) is 0 Å². The number of carbonyl (C=O) groups excluding carboxylic acids is 1. The van der Waals surface area contributed by atoms with E-state index in [0.717, 1.165) is 12.8 Å². The molecule has 1 heterocycles. The number of nitrogens with zero attached hydrogens (tertiary/aromatic N) is 2. The molecule has 4 nitrogen and oxygen atoms in total. The Bertz CT molecular complexity index is 418. The summed E-state index contributed by atoms with van der Waals surface area (Å²) in [5, 5.41) is 3.97. The molecule has 0 aliphatic rings. The van der Waals surface area contributed by atoms with E-state index in [2.05, 4.69) is 22.4 Å². The minimum absolute atomic E-state index is 0.189. The maximum atomic E-state index is 11.7. The van der Waals surface area contributed by atoms with Crippen LogP contribution in [0.5, 0.6) is 0 Å². The summed E-state index contributed by atoms with van der Waals surface area (Å²) >= 11 is 0. The van der Waals surface area contributed by atoms with Gasteiger partial charge < -0.3 is 0 Å². The van der Waals surface area contributed by atoms with Crippen LogP contribution >= 0.6 is 0 Å². The lowest BCUT2D eigenvalue weighted by Crippen LogP contribution is -2.17. The van der Waals surface area contributed by atoms with E-state index in [0.29, 0.717) is 5.56 Å². The van der Waals surface area contributed by atoms with Crippen molar-refractivity contribution < 1.29 is 4.79 Å². The molecule has 0 radical (unpaired) electrons. The van der Waals surface area contributed by atoms with E-state index >= 15 is 0 Å². The Kier molecular flexibility index (Phi) is 10.8. The van der Waals surface area contributed by atoms with Crippen molar-refractivity contribution >= 4 is 12.1 Å². The Balaban J connectivity index is 1.93. The van der Waals surface area contributed by atoms with Crippen molar-refractivity contribution in [1.29, 1.82) is 0 Å². The van der Waals surface area contributed by atoms with Crippen molar-refractivity contribution in [2.75, 3.05) is 0 Å². The first kappa shape index (κ1) is 18.3. The zero-order chi connectivity index (χ0) is 15.9. The van der Waals surface area contributed by atoms with Gasteiger partial charge in [0.1, 0.15) is 0 Å². The topological polar surface area (TPSA) is 54.4 Å². The minimum atomic E-state index is -0.189. The quantitative estimate of drug-likeness (QED) is 0.345. The lowest BCUT2D eigenvalue weighted by molar-refractivity contribution is 0.0955. The summed E-state index contributed by atoms with van der Waals surface area (Å²) in [5.74, 6) is -0.189. The predicted octanol–water partition coefficient (Wildman–Crippen LogP) is 4.72. The average molecular weight is 303 g/mol. The van der Waals surface area contributed by atoms with E-state index in [-0.39, 0.29) is 5.91 Å². The van der Waals surface area contributed by atoms with Gasteiger partial charge in [-0.15, -0.1) is 0 Å². The number of hydrazone groups is 1. The van der Waals surface area contributed by atoms with Gasteiger partial charge in [-0.05, 0) is 25.0 Å². The van der Waals surface area contributed by atoms with Gasteiger partial charge in [0.2, 0.25) is 0 Å². The van der Waals surface area contributed by atoms with Crippen molar-refractivity contribution in [2.45, 2.75) is 71.1 Å². The fraction of sp³-hybridized carbons (Fsp3) is 0.611. The summed E-state index contributed by atoms with van der Waals surface area (Å²) < 4.78 is 0. The zero-order valence-corrected chi connectivity index (χ0v) is 13.8. The van der Waals surface area contributed by atoms with E-state index in [9.17, 15) is 4.79 Å². The normalized spacial score (nSPS) is 11.0. The zero-order valence-electron chi connectivity index (χ0n) is 13.8. The minimum Gasteiger partial charge on any atom is -0.267 e. The summed E-state index contributed by atoms with van der Waals surface area (Å²) in [6.45, 7) is 2.25. The Morgan fingerprint density at radius 2 is 1.64 bits per heavy atom. The lowest BCUT2D eigenvalue weighted by atomic mass is 10.1. The van der Waals surface area contributed by atoms with Crippen molar-refractivity contribution in [2.24, 2.45) is 5.10 Å². The molecular formula is C18H29N3O.